The van der Waals surface area contributed by atoms with Gasteiger partial charge >= 0.3 is 5.97 Å². The number of aliphatic carboxylic acids is 1. The zero-order valence-electron chi connectivity index (χ0n) is 14.3. The molecule has 0 unspecified atom stereocenters. The lowest BCUT2D eigenvalue weighted by molar-refractivity contribution is -0.153. The van der Waals surface area contributed by atoms with E-state index < -0.39 is 27.8 Å². The number of thiophene rings is 1. The van der Waals surface area contributed by atoms with Crippen LogP contribution in [0.5, 0.6) is 0 Å². The molecule has 0 radical (unpaired) electrons. The number of hydrogen-bond donors (Lipinski definition) is 1. The van der Waals surface area contributed by atoms with Crippen LogP contribution in [-0.4, -0.2) is 60.8 Å². The Kier molecular flexibility index (Phi) is 4.56. The largest absolute Gasteiger partial charge is 0.481 e. The second-order valence-electron chi connectivity index (χ2n) is 7.38. The van der Waals surface area contributed by atoms with Crippen molar-refractivity contribution in [2.24, 2.45) is 23.7 Å². The van der Waals surface area contributed by atoms with Gasteiger partial charge in [0.1, 0.15) is 4.21 Å². The van der Waals surface area contributed by atoms with Crippen molar-refractivity contribution >= 4 is 33.2 Å². The van der Waals surface area contributed by atoms with E-state index in [0.717, 1.165) is 19.3 Å². The quantitative estimate of drug-likeness (QED) is 0.826. The Morgan fingerprint density at radius 2 is 1.73 bits per heavy atom. The van der Waals surface area contributed by atoms with E-state index in [-0.39, 0.29) is 30.8 Å². The summed E-state index contributed by atoms with van der Waals surface area (Å²) in [5.74, 6) is -1.69. The summed E-state index contributed by atoms with van der Waals surface area (Å²) in [6.07, 6.45) is 2.66. The van der Waals surface area contributed by atoms with Gasteiger partial charge in [-0.3, -0.25) is 9.59 Å². The summed E-state index contributed by atoms with van der Waals surface area (Å²) >= 11 is 1.19. The third-order valence-corrected chi connectivity index (χ3v) is 9.40. The Hall–Kier alpha value is -1.45. The molecule has 3 aliphatic rings. The van der Waals surface area contributed by atoms with E-state index in [1.54, 1.807) is 22.4 Å². The maximum absolute atomic E-state index is 13.0. The predicted molar refractivity (Wildman–Crippen MR) is 95.1 cm³/mol. The molecule has 26 heavy (non-hydrogen) atoms. The summed E-state index contributed by atoms with van der Waals surface area (Å²) in [6.45, 7) is 1.16. The fraction of sp³-hybridized carbons (Fsp3) is 0.647. The first-order valence-electron chi connectivity index (χ1n) is 8.95. The second kappa shape index (κ2) is 6.61. The molecule has 1 aromatic rings. The highest BCUT2D eigenvalue weighted by Crippen LogP contribution is 2.53. The normalized spacial score (nSPS) is 32.1. The number of rotatable bonds is 4. The van der Waals surface area contributed by atoms with Gasteiger partial charge in [-0.15, -0.1) is 11.3 Å². The minimum absolute atomic E-state index is 0.0993. The molecular weight excluding hydrogens is 376 g/mol. The second-order valence-corrected chi connectivity index (χ2v) is 10.5. The number of sulfonamides is 1. The molecule has 142 valence electrons. The van der Waals surface area contributed by atoms with Gasteiger partial charge in [0, 0.05) is 26.2 Å². The Labute approximate surface area is 156 Å². The van der Waals surface area contributed by atoms with E-state index in [2.05, 4.69) is 0 Å². The molecule has 2 bridgehead atoms. The topological polar surface area (TPSA) is 95.0 Å². The summed E-state index contributed by atoms with van der Waals surface area (Å²) in [7, 11) is -3.50. The summed E-state index contributed by atoms with van der Waals surface area (Å²) in [5.41, 5.74) is 0. The smallest absolute Gasteiger partial charge is 0.307 e. The standard InChI is InChI=1S/C17H22N2O5S2/c20-16(14-11-3-4-12(10-11)15(14)17(21)22)18-5-7-19(8-6-18)26(23,24)13-2-1-9-25-13/h1-2,9,11-12,14-15H,3-8,10H2,(H,21,22)/t11-,12-,14+,15-/m0/s1. The van der Waals surface area contributed by atoms with E-state index in [1.807, 2.05) is 0 Å². The van der Waals surface area contributed by atoms with Crippen molar-refractivity contribution in [2.75, 3.05) is 26.2 Å². The molecule has 1 N–H and O–H groups in total. The van der Waals surface area contributed by atoms with Crippen LogP contribution in [0.25, 0.3) is 0 Å². The fourth-order valence-electron chi connectivity index (χ4n) is 4.90. The number of carboxylic acid groups (broad SMARTS) is 1. The van der Waals surface area contributed by atoms with Crippen molar-refractivity contribution in [3.05, 3.63) is 17.5 Å². The van der Waals surface area contributed by atoms with Crippen molar-refractivity contribution in [1.82, 2.24) is 9.21 Å². The molecule has 3 fully saturated rings. The van der Waals surface area contributed by atoms with Crippen LogP contribution >= 0.6 is 11.3 Å². The minimum Gasteiger partial charge on any atom is -0.481 e. The van der Waals surface area contributed by atoms with E-state index in [1.165, 1.54) is 15.6 Å². The van der Waals surface area contributed by atoms with Crippen LogP contribution in [0.1, 0.15) is 19.3 Å². The lowest BCUT2D eigenvalue weighted by atomic mass is 9.78. The van der Waals surface area contributed by atoms with Gasteiger partial charge in [0.15, 0.2) is 0 Å². The van der Waals surface area contributed by atoms with E-state index in [4.69, 9.17) is 0 Å². The molecule has 1 aliphatic heterocycles. The molecule has 2 heterocycles. The average Bonchev–Trinajstić information content (AvgIpc) is 3.37. The molecule has 0 aromatic carbocycles. The number of amides is 1. The number of carbonyl (C=O) groups excluding carboxylic acids is 1. The summed E-state index contributed by atoms with van der Waals surface area (Å²) in [5, 5.41) is 11.3. The summed E-state index contributed by atoms with van der Waals surface area (Å²) in [4.78, 5) is 26.3. The van der Waals surface area contributed by atoms with E-state index in [9.17, 15) is 23.1 Å². The zero-order chi connectivity index (χ0) is 18.5. The molecule has 1 amide bonds. The molecular formula is C17H22N2O5S2. The Balaban J connectivity index is 1.43. The fourth-order valence-corrected chi connectivity index (χ4v) is 7.47. The van der Waals surface area contributed by atoms with Gasteiger partial charge in [0.2, 0.25) is 5.91 Å². The van der Waals surface area contributed by atoms with Gasteiger partial charge in [0.05, 0.1) is 11.8 Å². The van der Waals surface area contributed by atoms with Gasteiger partial charge < -0.3 is 10.0 Å². The van der Waals surface area contributed by atoms with Crippen LogP contribution in [0.4, 0.5) is 0 Å². The number of hydrogen-bond acceptors (Lipinski definition) is 5. The minimum atomic E-state index is -3.50. The lowest BCUT2D eigenvalue weighted by Crippen LogP contribution is -2.53. The van der Waals surface area contributed by atoms with Gasteiger partial charge in [-0.2, -0.15) is 4.31 Å². The summed E-state index contributed by atoms with van der Waals surface area (Å²) in [6, 6.07) is 3.29. The molecule has 4 rings (SSSR count). The van der Waals surface area contributed by atoms with E-state index in [0.29, 0.717) is 17.3 Å². The van der Waals surface area contributed by atoms with Gasteiger partial charge in [-0.05, 0) is 42.5 Å². The molecule has 1 saturated heterocycles. The van der Waals surface area contributed by atoms with E-state index >= 15 is 0 Å². The zero-order valence-corrected chi connectivity index (χ0v) is 15.9. The van der Waals surface area contributed by atoms with Crippen LogP contribution in [0, 0.1) is 23.7 Å². The number of fused-ring (bicyclic) bond motifs is 2. The summed E-state index contributed by atoms with van der Waals surface area (Å²) < 4.78 is 26.9. The third-order valence-electron chi connectivity index (χ3n) is 6.13. The van der Waals surface area contributed by atoms with Crippen LogP contribution in [0.15, 0.2) is 21.7 Å². The molecule has 2 saturated carbocycles. The van der Waals surface area contributed by atoms with Crippen molar-refractivity contribution in [2.45, 2.75) is 23.5 Å². The van der Waals surface area contributed by atoms with Gasteiger partial charge in [-0.1, -0.05) is 6.07 Å². The first kappa shape index (κ1) is 17.9. The highest BCUT2D eigenvalue weighted by atomic mass is 32.2. The number of piperazine rings is 1. The van der Waals surface area contributed by atoms with Crippen molar-refractivity contribution in [3.8, 4) is 0 Å². The van der Waals surface area contributed by atoms with Gasteiger partial charge in [-0.25, -0.2) is 8.42 Å². The molecule has 0 spiro atoms. The number of nitrogens with zero attached hydrogens (tertiary/aromatic N) is 2. The first-order chi connectivity index (χ1) is 12.4. The lowest BCUT2D eigenvalue weighted by Gasteiger charge is -2.37. The van der Waals surface area contributed by atoms with Crippen molar-refractivity contribution in [3.63, 3.8) is 0 Å². The van der Waals surface area contributed by atoms with Crippen LogP contribution in [0.2, 0.25) is 0 Å². The van der Waals surface area contributed by atoms with Gasteiger partial charge in [0.25, 0.3) is 10.0 Å². The SMILES string of the molecule is O=C(O)[C@H]1[C@H]2CC[C@@H](C2)[C@H]1C(=O)N1CCN(S(=O)(=O)c2cccs2)CC1. The maximum Gasteiger partial charge on any atom is 0.307 e. The van der Waals surface area contributed by atoms with Crippen LogP contribution in [-0.2, 0) is 19.6 Å². The molecule has 4 atom stereocenters. The third kappa shape index (κ3) is 2.86. The van der Waals surface area contributed by atoms with Crippen molar-refractivity contribution in [1.29, 1.82) is 0 Å². The number of carbonyl (C=O) groups is 2. The Morgan fingerprint density at radius 1 is 1.08 bits per heavy atom. The Bertz CT molecular complexity index is 799. The monoisotopic (exact) mass is 398 g/mol. The highest BCUT2D eigenvalue weighted by Gasteiger charge is 2.55. The predicted octanol–water partition coefficient (Wildman–Crippen LogP) is 1.33. The molecule has 7 nitrogen and oxygen atoms in total. The molecule has 9 heteroatoms. The van der Waals surface area contributed by atoms with Crippen LogP contribution in [0.3, 0.4) is 0 Å². The molecule has 1 aromatic heterocycles. The molecule has 2 aliphatic carbocycles. The van der Waals surface area contributed by atoms with Crippen LogP contribution < -0.4 is 0 Å². The number of carboxylic acids is 1. The maximum atomic E-state index is 13.0. The first-order valence-corrected chi connectivity index (χ1v) is 11.3. The van der Waals surface area contributed by atoms with Crippen molar-refractivity contribution < 1.29 is 23.1 Å². The Morgan fingerprint density at radius 3 is 2.31 bits per heavy atom. The highest BCUT2D eigenvalue weighted by molar-refractivity contribution is 7.91. The average molecular weight is 399 g/mol.